The number of nitrogens with zero attached hydrogens (tertiary/aromatic N) is 3. The molecule has 252 valence electrons. The third-order valence-electron chi connectivity index (χ3n) is 4.92. The fourth-order valence-corrected chi connectivity index (χ4v) is 3.97. The summed E-state index contributed by atoms with van der Waals surface area (Å²) < 4.78 is 14.1. The summed E-state index contributed by atoms with van der Waals surface area (Å²) in [6.45, 7) is 18.7. The molecule has 43 heavy (non-hydrogen) atoms. The Morgan fingerprint density at radius 2 is 1.09 bits per heavy atom. The van der Waals surface area contributed by atoms with Crippen LogP contribution < -0.4 is 5.32 Å². The van der Waals surface area contributed by atoms with Gasteiger partial charge in [0, 0.05) is 51.4 Å². The largest absolute Gasteiger partial charge is 0.515 e. The minimum absolute atomic E-state index is 0.0822. The van der Waals surface area contributed by atoms with Crippen LogP contribution in [0.5, 0.6) is 0 Å². The molecule has 1 N–H and O–H groups in total. The first-order valence-corrected chi connectivity index (χ1v) is 15.5. The van der Waals surface area contributed by atoms with Gasteiger partial charge in [-0.1, -0.05) is 0 Å². The SMILES string of the molecule is C[C@@H]1CN(C(=O)OC(C)(C)C)CCN1.C[C@@H]1CN(C(=O)OC(C)(C)C)CCN1C(=O)Cl.O=C(OC(Cl)(Cl)Cl)OC(Cl)(Cl)Cl. The molecular weight excluding hydrogens is 720 g/mol. The van der Waals surface area contributed by atoms with Crippen LogP contribution in [0.3, 0.4) is 0 Å². The summed E-state index contributed by atoms with van der Waals surface area (Å²) in [5.74, 6) is 0. The average molecular weight is 760 g/mol. The van der Waals surface area contributed by atoms with Gasteiger partial charge in [0.05, 0.1) is 0 Å². The molecular formula is C24H39Cl7N4O8. The average Bonchev–Trinajstić information content (AvgIpc) is 2.74. The smallest absolute Gasteiger partial charge is 0.444 e. The first-order chi connectivity index (χ1) is 19.2. The standard InChI is InChI=1S/C11H19ClN2O3.C10H20N2O2.C3Cl6O3/c1-8-7-13(5-6-14(8)9(12)15)10(16)17-11(2,3)4;1-8-7-12(6-5-11-8)9(13)14-10(2,3)4;4-2(5,6)11-1(10)12-3(7,8)9/h8H,5-7H2,1-4H3;8,11H,5-7H2,1-4H3;/t2*8-;/m11./s1. The lowest BCUT2D eigenvalue weighted by molar-refractivity contribution is 0.0116. The van der Waals surface area contributed by atoms with E-state index in [-0.39, 0.29) is 18.2 Å². The molecule has 2 saturated heterocycles. The molecule has 0 aromatic carbocycles. The molecule has 2 rings (SSSR count). The van der Waals surface area contributed by atoms with Gasteiger partial charge < -0.3 is 39.0 Å². The van der Waals surface area contributed by atoms with E-state index in [2.05, 4.69) is 21.7 Å². The zero-order valence-corrected chi connectivity index (χ0v) is 30.4. The van der Waals surface area contributed by atoms with Crippen molar-refractivity contribution in [2.24, 2.45) is 0 Å². The van der Waals surface area contributed by atoms with E-state index >= 15 is 0 Å². The quantitative estimate of drug-likeness (QED) is 0.0891. The molecule has 0 radical (unpaired) electrons. The fourth-order valence-electron chi connectivity index (χ4n) is 3.35. The van der Waals surface area contributed by atoms with Crippen molar-refractivity contribution in [3.8, 4) is 0 Å². The monoisotopic (exact) mass is 756 g/mol. The van der Waals surface area contributed by atoms with Crippen molar-refractivity contribution in [1.82, 2.24) is 20.0 Å². The van der Waals surface area contributed by atoms with Crippen LogP contribution in [-0.2, 0) is 18.9 Å². The summed E-state index contributed by atoms with van der Waals surface area (Å²) in [6, 6.07) is 0.275. The molecule has 19 heteroatoms. The van der Waals surface area contributed by atoms with Gasteiger partial charge in [-0.2, -0.15) is 0 Å². The van der Waals surface area contributed by atoms with Crippen molar-refractivity contribution in [3.05, 3.63) is 0 Å². The predicted molar refractivity (Wildman–Crippen MR) is 169 cm³/mol. The van der Waals surface area contributed by atoms with Gasteiger partial charge in [-0.25, -0.2) is 14.4 Å². The lowest BCUT2D eigenvalue weighted by Crippen LogP contribution is -2.55. The second-order valence-electron chi connectivity index (χ2n) is 11.3. The van der Waals surface area contributed by atoms with Crippen LogP contribution in [-0.4, -0.2) is 109 Å². The fraction of sp³-hybridized carbons (Fsp3) is 0.833. The molecule has 2 aliphatic rings. The molecule has 0 aliphatic carbocycles. The van der Waals surface area contributed by atoms with Gasteiger partial charge >= 0.3 is 31.7 Å². The molecule has 0 saturated carbocycles. The lowest BCUT2D eigenvalue weighted by atomic mass is 10.2. The first kappa shape index (κ1) is 42.3. The highest BCUT2D eigenvalue weighted by atomic mass is 35.6. The number of alkyl halides is 6. The summed E-state index contributed by atoms with van der Waals surface area (Å²) in [5.41, 5.74) is -0.898. The number of nitrogens with one attached hydrogen (secondary N) is 1. The van der Waals surface area contributed by atoms with Crippen molar-refractivity contribution >= 4 is 105 Å². The predicted octanol–water partition coefficient (Wildman–Crippen LogP) is 7.30. The third kappa shape index (κ3) is 21.6. The molecule has 0 unspecified atom stereocenters. The number of amides is 3. The Morgan fingerprint density at radius 1 is 0.674 bits per heavy atom. The number of rotatable bonds is 0. The Kier molecular flexibility index (Phi) is 17.5. The zero-order chi connectivity index (χ0) is 34.0. The summed E-state index contributed by atoms with van der Waals surface area (Å²) in [7, 11) is 0. The second kappa shape index (κ2) is 17.8. The van der Waals surface area contributed by atoms with Crippen molar-refractivity contribution in [2.45, 2.75) is 86.6 Å². The van der Waals surface area contributed by atoms with E-state index < -0.39 is 30.7 Å². The molecule has 12 nitrogen and oxygen atoms in total. The van der Waals surface area contributed by atoms with Gasteiger partial charge in [0.1, 0.15) is 11.2 Å². The van der Waals surface area contributed by atoms with E-state index in [0.717, 1.165) is 19.6 Å². The minimum Gasteiger partial charge on any atom is -0.444 e. The summed E-state index contributed by atoms with van der Waals surface area (Å²) >= 11 is 35.7. The number of hydrogen-bond donors (Lipinski definition) is 1. The van der Waals surface area contributed by atoms with Gasteiger partial charge in [-0.05, 0) is 137 Å². The highest BCUT2D eigenvalue weighted by Crippen LogP contribution is 2.32. The van der Waals surface area contributed by atoms with Gasteiger partial charge in [0.2, 0.25) is 0 Å². The number of hydrogen-bond acceptors (Lipinski definition) is 9. The number of ether oxygens (including phenoxy) is 4. The van der Waals surface area contributed by atoms with Gasteiger partial charge in [-0.15, -0.1) is 0 Å². The topological polar surface area (TPSA) is 127 Å². The second-order valence-corrected chi connectivity index (χ2v) is 16.0. The Hall–Kier alpha value is -0.730. The Balaban J connectivity index is 0.000000626. The molecule has 0 bridgehead atoms. The van der Waals surface area contributed by atoms with Gasteiger partial charge in [-0.3, -0.25) is 4.79 Å². The van der Waals surface area contributed by atoms with E-state index in [9.17, 15) is 19.2 Å². The molecule has 0 aromatic rings. The maximum absolute atomic E-state index is 11.8. The Bertz CT molecular complexity index is 919. The van der Waals surface area contributed by atoms with E-state index in [4.69, 9.17) is 90.7 Å². The number of carbonyl (C=O) groups is 4. The van der Waals surface area contributed by atoms with Gasteiger partial charge in [0.25, 0.3) is 0 Å². The number of carbonyl (C=O) groups excluding carboxylic acids is 4. The highest BCUT2D eigenvalue weighted by Gasteiger charge is 2.33. The van der Waals surface area contributed by atoms with E-state index in [1.54, 1.807) is 14.7 Å². The van der Waals surface area contributed by atoms with Crippen LogP contribution in [0.15, 0.2) is 0 Å². The van der Waals surface area contributed by atoms with Crippen LogP contribution in [0.25, 0.3) is 0 Å². The number of halogens is 7. The van der Waals surface area contributed by atoms with E-state index in [0.29, 0.717) is 25.7 Å². The van der Waals surface area contributed by atoms with Gasteiger partial charge in [0.15, 0.2) is 0 Å². The van der Waals surface area contributed by atoms with Crippen molar-refractivity contribution in [2.75, 3.05) is 39.3 Å². The minimum atomic E-state index is -2.24. The molecule has 2 aliphatic heterocycles. The van der Waals surface area contributed by atoms with Crippen molar-refractivity contribution < 1.29 is 38.1 Å². The van der Waals surface area contributed by atoms with E-state index in [1.807, 2.05) is 48.5 Å². The summed E-state index contributed by atoms with van der Waals surface area (Å²) in [6.07, 6.45) is -1.95. The lowest BCUT2D eigenvalue weighted by Gasteiger charge is -2.39. The van der Waals surface area contributed by atoms with Crippen LogP contribution in [0, 0.1) is 0 Å². The molecule has 2 heterocycles. The molecule has 2 atom stereocenters. The maximum atomic E-state index is 11.8. The Morgan fingerprint density at radius 3 is 1.42 bits per heavy atom. The summed E-state index contributed by atoms with van der Waals surface area (Å²) in [5, 5.41) is 2.81. The maximum Gasteiger partial charge on any atom is 0.515 e. The van der Waals surface area contributed by atoms with Crippen LogP contribution in [0.1, 0.15) is 55.4 Å². The highest BCUT2D eigenvalue weighted by molar-refractivity contribution is 6.67. The summed E-state index contributed by atoms with van der Waals surface area (Å²) in [4.78, 5) is 49.9. The molecule has 2 fully saturated rings. The van der Waals surface area contributed by atoms with Crippen molar-refractivity contribution in [1.29, 1.82) is 0 Å². The first-order valence-electron chi connectivity index (χ1n) is 12.9. The molecule has 3 amide bonds. The molecule has 0 spiro atoms. The van der Waals surface area contributed by atoms with Crippen LogP contribution >= 0.6 is 81.2 Å². The van der Waals surface area contributed by atoms with Crippen LogP contribution in [0.2, 0.25) is 0 Å². The van der Waals surface area contributed by atoms with Crippen molar-refractivity contribution in [3.63, 3.8) is 0 Å². The van der Waals surface area contributed by atoms with E-state index in [1.165, 1.54) is 0 Å². The number of piperazine rings is 2. The molecule has 0 aromatic heterocycles. The third-order valence-corrected chi connectivity index (χ3v) is 5.60. The Labute approximate surface area is 287 Å². The zero-order valence-electron chi connectivity index (χ0n) is 25.2. The van der Waals surface area contributed by atoms with Crippen LogP contribution in [0.4, 0.5) is 19.2 Å². The normalized spacial score (nSPS) is 19.6.